The predicted octanol–water partition coefficient (Wildman–Crippen LogP) is 0.728. The molecule has 0 spiro atoms. The summed E-state index contributed by atoms with van der Waals surface area (Å²) in [6, 6.07) is 0. The van der Waals surface area contributed by atoms with Crippen LogP contribution in [0.5, 0.6) is 0 Å². The van der Waals surface area contributed by atoms with Crippen molar-refractivity contribution >= 4 is 11.9 Å². The predicted molar refractivity (Wildman–Crippen MR) is 51.6 cm³/mol. The first-order valence-corrected chi connectivity index (χ1v) is 4.87. The van der Waals surface area contributed by atoms with Crippen LogP contribution in [-0.2, 0) is 14.3 Å². The number of amides is 1. The summed E-state index contributed by atoms with van der Waals surface area (Å²) >= 11 is 0. The molecular formula is C10H15NO3. The lowest BCUT2D eigenvalue weighted by molar-refractivity contribution is -0.137. The summed E-state index contributed by atoms with van der Waals surface area (Å²) in [4.78, 5) is 24.0. The number of carbonyl (C=O) groups is 2. The van der Waals surface area contributed by atoms with Crippen LogP contribution in [0.1, 0.15) is 19.8 Å². The minimum absolute atomic E-state index is 0.101. The first kappa shape index (κ1) is 10.8. The van der Waals surface area contributed by atoms with Crippen molar-refractivity contribution in [3.63, 3.8) is 0 Å². The van der Waals surface area contributed by atoms with Crippen LogP contribution in [0.25, 0.3) is 0 Å². The molecule has 1 rings (SSSR count). The molecular weight excluding hydrogens is 182 g/mol. The van der Waals surface area contributed by atoms with Crippen molar-refractivity contribution < 1.29 is 14.3 Å². The average Bonchev–Trinajstić information content (AvgIpc) is 2.67. The van der Waals surface area contributed by atoms with Crippen molar-refractivity contribution in [2.24, 2.45) is 0 Å². The fraction of sp³-hybridized carbons (Fsp3) is 0.600. The van der Waals surface area contributed by atoms with Crippen LogP contribution < -0.4 is 0 Å². The molecule has 0 bridgehead atoms. The normalized spacial score (nSPS) is 16.2. The molecule has 4 heteroatoms. The molecule has 4 nitrogen and oxygen atoms in total. The number of hydrogen-bond acceptors (Lipinski definition) is 3. The quantitative estimate of drug-likeness (QED) is 0.495. The molecule has 0 radical (unpaired) electrons. The summed E-state index contributed by atoms with van der Waals surface area (Å²) in [5.41, 5.74) is 0. The largest absolute Gasteiger partial charge is 0.463 e. The maximum atomic E-state index is 11.4. The van der Waals surface area contributed by atoms with Crippen LogP contribution in [0.3, 0.4) is 0 Å². The second kappa shape index (κ2) is 5.42. The Morgan fingerprint density at radius 1 is 1.29 bits per heavy atom. The summed E-state index contributed by atoms with van der Waals surface area (Å²) < 4.78 is 4.66. The third-order valence-corrected chi connectivity index (χ3v) is 2.07. The topological polar surface area (TPSA) is 46.6 Å². The van der Waals surface area contributed by atoms with Crippen LogP contribution in [0, 0.1) is 0 Å². The van der Waals surface area contributed by atoms with E-state index in [0.717, 1.165) is 25.9 Å². The van der Waals surface area contributed by atoms with Crippen molar-refractivity contribution in [3.8, 4) is 0 Å². The van der Waals surface area contributed by atoms with Gasteiger partial charge in [-0.15, -0.1) is 0 Å². The summed E-state index contributed by atoms with van der Waals surface area (Å²) in [6.45, 7) is 3.66. The van der Waals surface area contributed by atoms with Gasteiger partial charge in [0, 0.05) is 25.2 Å². The number of ether oxygens (including phenoxy) is 1. The van der Waals surface area contributed by atoms with Gasteiger partial charge < -0.3 is 9.64 Å². The molecule has 1 amide bonds. The van der Waals surface area contributed by atoms with E-state index in [1.54, 1.807) is 11.8 Å². The molecule has 0 N–H and O–H groups in total. The molecule has 1 aliphatic heterocycles. The molecule has 0 aromatic heterocycles. The van der Waals surface area contributed by atoms with Crippen LogP contribution in [0.2, 0.25) is 0 Å². The molecule has 0 atom stereocenters. The highest BCUT2D eigenvalue weighted by Gasteiger charge is 2.15. The lowest BCUT2D eigenvalue weighted by Gasteiger charge is -2.11. The Kier molecular flexibility index (Phi) is 4.16. The zero-order valence-electron chi connectivity index (χ0n) is 8.36. The summed E-state index contributed by atoms with van der Waals surface area (Å²) in [6.07, 6.45) is 4.57. The van der Waals surface area contributed by atoms with Gasteiger partial charge in [-0.25, -0.2) is 4.79 Å². The number of rotatable bonds is 3. The Balaban J connectivity index is 2.35. The standard InChI is InChI=1S/C10H15NO3/c1-2-14-10(13)6-5-9(12)11-7-3-4-8-11/h5-6H,2-4,7-8H2,1H3/b6-5+. The van der Waals surface area contributed by atoms with Gasteiger partial charge in [-0.1, -0.05) is 0 Å². The Labute approximate surface area is 83.5 Å². The molecule has 14 heavy (non-hydrogen) atoms. The molecule has 78 valence electrons. The van der Waals surface area contributed by atoms with Gasteiger partial charge in [0.25, 0.3) is 0 Å². The van der Waals surface area contributed by atoms with Crippen molar-refractivity contribution in [3.05, 3.63) is 12.2 Å². The Hall–Kier alpha value is -1.32. The Morgan fingerprint density at radius 2 is 1.93 bits per heavy atom. The van der Waals surface area contributed by atoms with Crippen LogP contribution in [0.4, 0.5) is 0 Å². The third-order valence-electron chi connectivity index (χ3n) is 2.07. The van der Waals surface area contributed by atoms with Gasteiger partial charge in [-0.2, -0.15) is 0 Å². The first-order chi connectivity index (χ1) is 6.74. The number of carbonyl (C=O) groups excluding carboxylic acids is 2. The maximum absolute atomic E-state index is 11.4. The van der Waals surface area contributed by atoms with Crippen LogP contribution in [-0.4, -0.2) is 36.5 Å². The Bertz CT molecular complexity index is 242. The lowest BCUT2D eigenvalue weighted by atomic mass is 10.4. The first-order valence-electron chi connectivity index (χ1n) is 4.87. The molecule has 1 aliphatic rings. The number of esters is 1. The van der Waals surface area contributed by atoms with E-state index in [2.05, 4.69) is 4.74 Å². The second-order valence-corrected chi connectivity index (χ2v) is 3.12. The highest BCUT2D eigenvalue weighted by molar-refractivity contribution is 5.94. The third kappa shape index (κ3) is 3.20. The molecule has 0 unspecified atom stereocenters. The SMILES string of the molecule is CCOC(=O)/C=C/C(=O)N1CCCC1. The smallest absolute Gasteiger partial charge is 0.330 e. The van der Waals surface area contributed by atoms with Crippen molar-refractivity contribution in [1.29, 1.82) is 0 Å². The fourth-order valence-corrected chi connectivity index (χ4v) is 1.37. The van der Waals surface area contributed by atoms with Crippen LogP contribution >= 0.6 is 0 Å². The number of nitrogens with zero attached hydrogens (tertiary/aromatic N) is 1. The van der Waals surface area contributed by atoms with E-state index in [1.165, 1.54) is 12.2 Å². The lowest BCUT2D eigenvalue weighted by Crippen LogP contribution is -2.25. The van der Waals surface area contributed by atoms with Gasteiger partial charge in [0.2, 0.25) is 5.91 Å². The van der Waals surface area contributed by atoms with E-state index in [1.807, 2.05) is 0 Å². The molecule has 1 fully saturated rings. The average molecular weight is 197 g/mol. The molecule has 0 aliphatic carbocycles. The van der Waals surface area contributed by atoms with Crippen molar-refractivity contribution in [2.45, 2.75) is 19.8 Å². The van der Waals surface area contributed by atoms with Gasteiger partial charge in [0.15, 0.2) is 0 Å². The highest BCUT2D eigenvalue weighted by Crippen LogP contribution is 2.07. The molecule has 1 saturated heterocycles. The summed E-state index contributed by atoms with van der Waals surface area (Å²) in [5.74, 6) is -0.560. The fourth-order valence-electron chi connectivity index (χ4n) is 1.37. The van der Waals surface area contributed by atoms with Crippen molar-refractivity contribution in [2.75, 3.05) is 19.7 Å². The monoisotopic (exact) mass is 197 g/mol. The van der Waals surface area contributed by atoms with Gasteiger partial charge in [0.05, 0.1) is 6.61 Å². The zero-order valence-corrected chi connectivity index (χ0v) is 8.36. The van der Waals surface area contributed by atoms with Crippen molar-refractivity contribution in [1.82, 2.24) is 4.90 Å². The Morgan fingerprint density at radius 3 is 2.50 bits per heavy atom. The van der Waals surface area contributed by atoms with E-state index >= 15 is 0 Å². The highest BCUT2D eigenvalue weighted by atomic mass is 16.5. The van der Waals surface area contributed by atoms with Gasteiger partial charge in [-0.3, -0.25) is 4.79 Å². The maximum Gasteiger partial charge on any atom is 0.330 e. The number of hydrogen-bond donors (Lipinski definition) is 0. The molecule has 0 saturated carbocycles. The van der Waals surface area contributed by atoms with E-state index in [-0.39, 0.29) is 5.91 Å². The summed E-state index contributed by atoms with van der Waals surface area (Å²) in [7, 11) is 0. The van der Waals surface area contributed by atoms with Gasteiger partial charge >= 0.3 is 5.97 Å². The molecule has 0 aromatic carbocycles. The minimum atomic E-state index is -0.458. The van der Waals surface area contributed by atoms with E-state index in [9.17, 15) is 9.59 Å². The van der Waals surface area contributed by atoms with Gasteiger partial charge in [0.1, 0.15) is 0 Å². The zero-order chi connectivity index (χ0) is 10.4. The second-order valence-electron chi connectivity index (χ2n) is 3.12. The van der Waals surface area contributed by atoms with E-state index in [0.29, 0.717) is 6.61 Å². The van der Waals surface area contributed by atoms with Crippen LogP contribution in [0.15, 0.2) is 12.2 Å². The summed E-state index contributed by atoms with van der Waals surface area (Å²) in [5, 5.41) is 0. The minimum Gasteiger partial charge on any atom is -0.463 e. The van der Waals surface area contributed by atoms with Gasteiger partial charge in [-0.05, 0) is 19.8 Å². The van der Waals surface area contributed by atoms with E-state index < -0.39 is 5.97 Å². The molecule has 0 aromatic rings. The molecule has 1 heterocycles. The van der Waals surface area contributed by atoms with E-state index in [4.69, 9.17) is 0 Å². The number of likely N-dealkylation sites (tertiary alicyclic amines) is 1.